The van der Waals surface area contributed by atoms with Gasteiger partial charge in [0, 0.05) is 36.5 Å². The number of nitrogens with zero attached hydrogens (tertiary/aromatic N) is 2. The molecule has 1 fully saturated rings. The molecule has 0 radical (unpaired) electrons. The maximum Gasteiger partial charge on any atom is 0.258 e. The molecule has 1 amide bonds. The van der Waals surface area contributed by atoms with Crippen LogP contribution >= 0.6 is 0 Å². The van der Waals surface area contributed by atoms with E-state index in [0.717, 1.165) is 18.5 Å². The minimum Gasteiger partial charge on any atom is -0.472 e. The second kappa shape index (κ2) is 6.24. The highest BCUT2D eigenvalue weighted by molar-refractivity contribution is 6.07. The Morgan fingerprint density at radius 3 is 3.12 bits per heavy atom. The maximum atomic E-state index is 12.9. The van der Waals surface area contributed by atoms with Crippen molar-refractivity contribution in [2.24, 2.45) is 0 Å². The zero-order valence-electron chi connectivity index (χ0n) is 13.7. The summed E-state index contributed by atoms with van der Waals surface area (Å²) in [6.07, 6.45) is 3.42. The fourth-order valence-corrected chi connectivity index (χ4v) is 3.36. The molecule has 0 N–H and O–H groups in total. The Morgan fingerprint density at radius 2 is 2.29 bits per heavy atom. The Morgan fingerprint density at radius 1 is 1.38 bits per heavy atom. The highest BCUT2D eigenvalue weighted by Gasteiger charge is 2.27. The highest BCUT2D eigenvalue weighted by Crippen LogP contribution is 2.31. The molecule has 0 bridgehead atoms. The third kappa shape index (κ3) is 2.76. The van der Waals surface area contributed by atoms with Crippen LogP contribution in [0.25, 0.3) is 0 Å². The minimum absolute atomic E-state index is 0.00530. The van der Waals surface area contributed by atoms with Crippen molar-refractivity contribution in [2.45, 2.75) is 25.9 Å². The Balaban J connectivity index is 1.56. The molecular weight excluding hydrogens is 304 g/mol. The summed E-state index contributed by atoms with van der Waals surface area (Å²) in [7, 11) is 0. The molecule has 1 saturated heterocycles. The number of ether oxygens (including phenoxy) is 2. The fourth-order valence-electron chi connectivity index (χ4n) is 3.36. The van der Waals surface area contributed by atoms with Gasteiger partial charge in [0.05, 0.1) is 13.2 Å². The molecule has 0 aliphatic carbocycles. The number of anilines is 1. The number of aromatic nitrogens is 1. The molecule has 1 atom stereocenters. The average molecular weight is 324 g/mol. The van der Waals surface area contributed by atoms with E-state index in [4.69, 9.17) is 9.47 Å². The predicted molar refractivity (Wildman–Crippen MR) is 90.6 cm³/mol. The molecule has 0 spiro atoms. The van der Waals surface area contributed by atoms with Crippen molar-refractivity contribution in [3.05, 3.63) is 53.2 Å². The van der Waals surface area contributed by atoms with Crippen LogP contribution in [-0.4, -0.2) is 36.8 Å². The van der Waals surface area contributed by atoms with Crippen molar-refractivity contribution in [2.75, 3.05) is 24.7 Å². The summed E-state index contributed by atoms with van der Waals surface area (Å²) in [5.41, 5.74) is 4.12. The van der Waals surface area contributed by atoms with Crippen LogP contribution in [0.4, 0.5) is 5.69 Å². The number of carbonyl (C=O) groups is 1. The van der Waals surface area contributed by atoms with Crippen LogP contribution in [0.3, 0.4) is 0 Å². The monoisotopic (exact) mass is 324 g/mol. The summed E-state index contributed by atoms with van der Waals surface area (Å²) in [5, 5.41) is 0. The van der Waals surface area contributed by atoms with Crippen molar-refractivity contribution >= 4 is 11.6 Å². The number of hydrogen-bond acceptors (Lipinski definition) is 4. The number of amides is 1. The van der Waals surface area contributed by atoms with E-state index in [1.807, 2.05) is 17.0 Å². The van der Waals surface area contributed by atoms with Gasteiger partial charge in [0.1, 0.15) is 6.10 Å². The van der Waals surface area contributed by atoms with Crippen LogP contribution in [0.15, 0.2) is 36.5 Å². The summed E-state index contributed by atoms with van der Waals surface area (Å²) < 4.78 is 11.1. The van der Waals surface area contributed by atoms with E-state index >= 15 is 0 Å². The molecule has 5 nitrogen and oxygen atoms in total. The van der Waals surface area contributed by atoms with Crippen molar-refractivity contribution in [1.82, 2.24) is 4.98 Å². The normalized spacial score (nSPS) is 19.4. The summed E-state index contributed by atoms with van der Waals surface area (Å²) in [6.45, 7) is 4.11. The average Bonchev–Trinajstić information content (AvgIpc) is 3.25. The lowest BCUT2D eigenvalue weighted by Crippen LogP contribution is -2.29. The summed E-state index contributed by atoms with van der Waals surface area (Å²) >= 11 is 0. The van der Waals surface area contributed by atoms with E-state index < -0.39 is 0 Å². The number of pyridine rings is 1. The fraction of sp³-hybridized carbons (Fsp3) is 0.368. The summed E-state index contributed by atoms with van der Waals surface area (Å²) in [6, 6.07) is 9.58. The molecule has 5 heteroatoms. The van der Waals surface area contributed by atoms with Crippen LogP contribution in [0.2, 0.25) is 0 Å². The minimum atomic E-state index is -0.00530. The van der Waals surface area contributed by atoms with E-state index in [-0.39, 0.29) is 12.0 Å². The Labute approximate surface area is 141 Å². The molecule has 24 heavy (non-hydrogen) atoms. The first-order valence-electron chi connectivity index (χ1n) is 8.33. The van der Waals surface area contributed by atoms with Gasteiger partial charge >= 0.3 is 0 Å². The van der Waals surface area contributed by atoms with Gasteiger partial charge in [-0.05, 0) is 36.6 Å². The lowest BCUT2D eigenvalue weighted by molar-refractivity contribution is 0.0987. The first kappa shape index (κ1) is 15.1. The lowest BCUT2D eigenvalue weighted by atomic mass is 10.1. The standard InChI is InChI=1S/C19H20N2O3/c1-13-3-2-4-17-16(13)6-9-21(17)19(22)14-5-8-20-18(11-14)24-15-7-10-23-12-15/h2-5,8,11,15H,6-7,9-10,12H2,1H3. The molecule has 4 rings (SSSR count). The first-order valence-corrected chi connectivity index (χ1v) is 8.33. The van der Waals surface area contributed by atoms with Gasteiger partial charge in [-0.15, -0.1) is 0 Å². The van der Waals surface area contributed by atoms with Gasteiger partial charge < -0.3 is 14.4 Å². The first-order chi connectivity index (χ1) is 11.7. The van der Waals surface area contributed by atoms with Gasteiger partial charge in [0.25, 0.3) is 5.91 Å². The number of carbonyl (C=O) groups excluding carboxylic acids is 1. The van der Waals surface area contributed by atoms with Crippen LogP contribution in [0, 0.1) is 6.92 Å². The van der Waals surface area contributed by atoms with Crippen molar-refractivity contribution < 1.29 is 14.3 Å². The Bertz CT molecular complexity index is 769. The van der Waals surface area contributed by atoms with Crippen molar-refractivity contribution in [3.63, 3.8) is 0 Å². The molecule has 124 valence electrons. The quantitative estimate of drug-likeness (QED) is 0.871. The zero-order chi connectivity index (χ0) is 16.5. The largest absolute Gasteiger partial charge is 0.472 e. The molecular formula is C19H20N2O3. The number of fused-ring (bicyclic) bond motifs is 1. The predicted octanol–water partition coefficient (Wildman–Crippen LogP) is 2.76. The third-order valence-corrected chi connectivity index (χ3v) is 4.66. The Kier molecular flexibility index (Phi) is 3.94. The van der Waals surface area contributed by atoms with Gasteiger partial charge in [-0.3, -0.25) is 4.79 Å². The SMILES string of the molecule is Cc1cccc2c1CCN2C(=O)c1ccnc(OC2CCOC2)c1. The number of hydrogen-bond donors (Lipinski definition) is 0. The molecule has 1 aromatic carbocycles. The second-order valence-electron chi connectivity index (χ2n) is 6.27. The van der Waals surface area contributed by atoms with E-state index in [1.54, 1.807) is 18.3 Å². The van der Waals surface area contributed by atoms with Crippen LogP contribution < -0.4 is 9.64 Å². The Hall–Kier alpha value is -2.40. The van der Waals surface area contributed by atoms with Gasteiger partial charge in [-0.1, -0.05) is 12.1 Å². The van der Waals surface area contributed by atoms with Gasteiger partial charge in [-0.25, -0.2) is 4.98 Å². The highest BCUT2D eigenvalue weighted by atomic mass is 16.5. The number of benzene rings is 1. The number of rotatable bonds is 3. The van der Waals surface area contributed by atoms with Crippen molar-refractivity contribution in [3.8, 4) is 5.88 Å². The molecule has 2 aromatic rings. The van der Waals surface area contributed by atoms with Crippen LogP contribution in [0.1, 0.15) is 27.9 Å². The lowest BCUT2D eigenvalue weighted by Gasteiger charge is -2.18. The van der Waals surface area contributed by atoms with E-state index in [0.29, 0.717) is 31.2 Å². The van der Waals surface area contributed by atoms with Crippen molar-refractivity contribution in [1.29, 1.82) is 0 Å². The van der Waals surface area contributed by atoms with E-state index in [9.17, 15) is 4.79 Å². The van der Waals surface area contributed by atoms with Crippen LogP contribution in [-0.2, 0) is 11.2 Å². The second-order valence-corrected chi connectivity index (χ2v) is 6.27. The topological polar surface area (TPSA) is 51.7 Å². The number of aryl methyl sites for hydroxylation is 1. The molecule has 2 aliphatic rings. The van der Waals surface area contributed by atoms with E-state index in [2.05, 4.69) is 18.0 Å². The summed E-state index contributed by atoms with van der Waals surface area (Å²) in [5.74, 6) is 0.481. The smallest absolute Gasteiger partial charge is 0.258 e. The van der Waals surface area contributed by atoms with E-state index in [1.165, 1.54) is 11.1 Å². The molecule has 1 aromatic heterocycles. The maximum absolute atomic E-state index is 12.9. The molecule has 0 saturated carbocycles. The molecule has 2 aliphatic heterocycles. The van der Waals surface area contributed by atoms with Gasteiger partial charge in [0.15, 0.2) is 0 Å². The summed E-state index contributed by atoms with van der Waals surface area (Å²) in [4.78, 5) is 19.0. The zero-order valence-corrected chi connectivity index (χ0v) is 13.7. The van der Waals surface area contributed by atoms with Crippen LogP contribution in [0.5, 0.6) is 5.88 Å². The van der Waals surface area contributed by atoms with Gasteiger partial charge in [0.2, 0.25) is 5.88 Å². The molecule has 3 heterocycles. The third-order valence-electron chi connectivity index (χ3n) is 4.66. The molecule has 1 unspecified atom stereocenters. The van der Waals surface area contributed by atoms with Gasteiger partial charge in [-0.2, -0.15) is 0 Å².